The molecule has 5 nitrogen and oxygen atoms in total. The summed E-state index contributed by atoms with van der Waals surface area (Å²) >= 11 is 7.19. The predicted octanol–water partition coefficient (Wildman–Crippen LogP) is 4.55. The summed E-state index contributed by atoms with van der Waals surface area (Å²) in [6.07, 6.45) is 0.0980. The molecular formula is C20H20ClN3O2S. The second kappa shape index (κ2) is 8.15. The van der Waals surface area contributed by atoms with Crippen molar-refractivity contribution < 1.29 is 9.59 Å². The lowest BCUT2D eigenvalue weighted by molar-refractivity contribution is -0.127. The molecule has 0 radical (unpaired) electrons. The highest BCUT2D eigenvalue weighted by Gasteiger charge is 2.37. The molecule has 1 aliphatic rings. The molecule has 140 valence electrons. The normalized spacial score (nSPS) is 18.2. The van der Waals surface area contributed by atoms with Crippen LogP contribution in [0.15, 0.2) is 47.5 Å². The van der Waals surface area contributed by atoms with Gasteiger partial charge in [-0.1, -0.05) is 41.1 Å². The van der Waals surface area contributed by atoms with Gasteiger partial charge in [-0.25, -0.2) is 4.99 Å². The Labute approximate surface area is 167 Å². The van der Waals surface area contributed by atoms with E-state index in [-0.39, 0.29) is 18.2 Å². The van der Waals surface area contributed by atoms with E-state index >= 15 is 0 Å². The predicted molar refractivity (Wildman–Crippen MR) is 112 cm³/mol. The van der Waals surface area contributed by atoms with Crippen molar-refractivity contribution in [3.63, 3.8) is 0 Å². The molecule has 3 rings (SSSR count). The van der Waals surface area contributed by atoms with Gasteiger partial charge >= 0.3 is 0 Å². The van der Waals surface area contributed by atoms with Crippen molar-refractivity contribution in [2.75, 3.05) is 12.4 Å². The molecule has 0 unspecified atom stereocenters. The van der Waals surface area contributed by atoms with Crippen molar-refractivity contribution in [2.24, 2.45) is 4.99 Å². The van der Waals surface area contributed by atoms with E-state index in [1.165, 1.54) is 16.7 Å². The average molecular weight is 402 g/mol. The monoisotopic (exact) mass is 401 g/mol. The van der Waals surface area contributed by atoms with Gasteiger partial charge in [0.1, 0.15) is 5.25 Å². The number of benzene rings is 2. The molecule has 2 aromatic carbocycles. The number of nitrogens with one attached hydrogen (secondary N) is 1. The fourth-order valence-electron chi connectivity index (χ4n) is 2.75. The fraction of sp³-hybridized carbons (Fsp3) is 0.250. The van der Waals surface area contributed by atoms with Crippen LogP contribution in [-0.4, -0.2) is 34.2 Å². The molecular weight excluding hydrogens is 382 g/mol. The van der Waals surface area contributed by atoms with Crippen LogP contribution >= 0.6 is 23.4 Å². The quantitative estimate of drug-likeness (QED) is 0.817. The summed E-state index contributed by atoms with van der Waals surface area (Å²) < 4.78 is 0. The Kier molecular flexibility index (Phi) is 5.87. The van der Waals surface area contributed by atoms with E-state index < -0.39 is 5.25 Å². The Morgan fingerprint density at radius 2 is 1.93 bits per heavy atom. The first-order valence-electron chi connectivity index (χ1n) is 8.49. The van der Waals surface area contributed by atoms with E-state index in [0.717, 1.165) is 16.8 Å². The number of rotatable bonds is 4. The van der Waals surface area contributed by atoms with E-state index in [2.05, 4.69) is 10.3 Å². The number of halogens is 1. The van der Waals surface area contributed by atoms with Crippen LogP contribution in [0.4, 0.5) is 11.4 Å². The molecule has 2 amide bonds. The standard InChI is InChI=1S/C20H20ClN3O2S/c1-12-4-9-16(13(2)10-12)23-18(25)11-17-19(26)24(3)20(27-17)22-15-7-5-14(21)6-8-15/h4-10,17H,11H2,1-3H3,(H,23,25)/t17-/m0/s1. The Bertz CT molecular complexity index is 912. The number of aryl methyl sites for hydroxylation is 2. The summed E-state index contributed by atoms with van der Waals surface area (Å²) in [6, 6.07) is 12.9. The number of nitrogens with zero attached hydrogens (tertiary/aromatic N) is 2. The molecule has 1 N–H and O–H groups in total. The number of amides is 2. The molecule has 2 aromatic rings. The number of thioether (sulfide) groups is 1. The summed E-state index contributed by atoms with van der Waals surface area (Å²) in [7, 11) is 1.67. The summed E-state index contributed by atoms with van der Waals surface area (Å²) in [6.45, 7) is 3.95. The number of hydrogen-bond donors (Lipinski definition) is 1. The van der Waals surface area contributed by atoms with Crippen molar-refractivity contribution in [3.8, 4) is 0 Å². The van der Waals surface area contributed by atoms with Gasteiger partial charge in [-0.15, -0.1) is 0 Å². The third-order valence-corrected chi connectivity index (χ3v) is 5.70. The van der Waals surface area contributed by atoms with Gasteiger partial charge in [0.2, 0.25) is 11.8 Å². The zero-order valence-corrected chi connectivity index (χ0v) is 16.9. The molecule has 0 saturated carbocycles. The largest absolute Gasteiger partial charge is 0.326 e. The zero-order chi connectivity index (χ0) is 19.6. The topological polar surface area (TPSA) is 61.8 Å². The zero-order valence-electron chi connectivity index (χ0n) is 15.3. The molecule has 1 atom stereocenters. The fourth-order valence-corrected chi connectivity index (χ4v) is 4.03. The number of aliphatic imine (C=N–C) groups is 1. The van der Waals surface area contributed by atoms with E-state index in [1.807, 2.05) is 32.0 Å². The SMILES string of the molecule is Cc1ccc(NC(=O)C[C@@H]2SC(=Nc3ccc(Cl)cc3)N(C)C2=O)c(C)c1. The Hall–Kier alpha value is -2.31. The lowest BCUT2D eigenvalue weighted by Gasteiger charge is -2.11. The molecule has 27 heavy (non-hydrogen) atoms. The van der Waals surface area contributed by atoms with Crippen molar-refractivity contribution >= 4 is 51.7 Å². The Balaban J connectivity index is 1.67. The maximum absolute atomic E-state index is 12.5. The van der Waals surface area contributed by atoms with Crippen LogP contribution < -0.4 is 5.32 Å². The number of hydrogen-bond acceptors (Lipinski definition) is 4. The van der Waals surface area contributed by atoms with E-state index in [1.54, 1.807) is 31.3 Å². The van der Waals surface area contributed by atoms with Crippen LogP contribution in [0.1, 0.15) is 17.5 Å². The van der Waals surface area contributed by atoms with Crippen LogP contribution in [0, 0.1) is 13.8 Å². The highest BCUT2D eigenvalue weighted by Crippen LogP contribution is 2.31. The summed E-state index contributed by atoms with van der Waals surface area (Å²) in [5.41, 5.74) is 3.61. The molecule has 1 fully saturated rings. The molecule has 7 heteroatoms. The van der Waals surface area contributed by atoms with E-state index in [9.17, 15) is 9.59 Å². The van der Waals surface area contributed by atoms with Crippen LogP contribution in [0.25, 0.3) is 0 Å². The molecule has 1 aliphatic heterocycles. The van der Waals surface area contributed by atoms with Gasteiger partial charge in [0, 0.05) is 24.2 Å². The molecule has 1 saturated heterocycles. The number of carbonyl (C=O) groups is 2. The molecule has 0 bridgehead atoms. The molecule has 0 aliphatic carbocycles. The highest BCUT2D eigenvalue weighted by atomic mass is 35.5. The Morgan fingerprint density at radius 1 is 1.22 bits per heavy atom. The van der Waals surface area contributed by atoms with E-state index in [4.69, 9.17) is 11.6 Å². The van der Waals surface area contributed by atoms with Gasteiger partial charge in [-0.3, -0.25) is 14.5 Å². The minimum absolute atomic E-state index is 0.0980. The number of carbonyl (C=O) groups excluding carboxylic acids is 2. The van der Waals surface area contributed by atoms with Crippen molar-refractivity contribution in [1.82, 2.24) is 4.90 Å². The first kappa shape index (κ1) is 19.5. The molecule has 0 spiro atoms. The van der Waals surface area contributed by atoms with Crippen LogP contribution in [0.2, 0.25) is 5.02 Å². The first-order valence-corrected chi connectivity index (χ1v) is 9.75. The minimum atomic E-state index is -0.480. The number of amidine groups is 1. The lowest BCUT2D eigenvalue weighted by Crippen LogP contribution is -2.30. The van der Waals surface area contributed by atoms with Crippen molar-refractivity contribution in [2.45, 2.75) is 25.5 Å². The lowest BCUT2D eigenvalue weighted by atomic mass is 10.1. The van der Waals surface area contributed by atoms with Gasteiger partial charge in [0.15, 0.2) is 5.17 Å². The maximum Gasteiger partial charge on any atom is 0.242 e. The smallest absolute Gasteiger partial charge is 0.242 e. The van der Waals surface area contributed by atoms with Gasteiger partial charge in [0.05, 0.1) is 5.69 Å². The van der Waals surface area contributed by atoms with Gasteiger partial charge in [-0.05, 0) is 49.7 Å². The third-order valence-electron chi connectivity index (χ3n) is 4.22. The van der Waals surface area contributed by atoms with Crippen LogP contribution in [0.3, 0.4) is 0 Å². The molecule has 0 aromatic heterocycles. The summed E-state index contributed by atoms with van der Waals surface area (Å²) in [5, 5.41) is 3.62. The second-order valence-electron chi connectivity index (χ2n) is 6.45. The maximum atomic E-state index is 12.5. The summed E-state index contributed by atoms with van der Waals surface area (Å²) in [5.74, 6) is -0.308. The van der Waals surface area contributed by atoms with Gasteiger partial charge in [0.25, 0.3) is 0 Å². The van der Waals surface area contributed by atoms with E-state index in [0.29, 0.717) is 15.9 Å². The van der Waals surface area contributed by atoms with Crippen molar-refractivity contribution in [3.05, 3.63) is 58.6 Å². The minimum Gasteiger partial charge on any atom is -0.326 e. The number of anilines is 1. The van der Waals surface area contributed by atoms with Crippen LogP contribution in [0.5, 0.6) is 0 Å². The third kappa shape index (κ3) is 4.70. The van der Waals surface area contributed by atoms with Crippen LogP contribution in [-0.2, 0) is 9.59 Å². The Morgan fingerprint density at radius 3 is 2.59 bits per heavy atom. The van der Waals surface area contributed by atoms with Crippen molar-refractivity contribution in [1.29, 1.82) is 0 Å². The van der Waals surface area contributed by atoms with Gasteiger partial charge in [-0.2, -0.15) is 0 Å². The average Bonchev–Trinajstić information content (AvgIpc) is 2.87. The second-order valence-corrected chi connectivity index (χ2v) is 8.05. The van der Waals surface area contributed by atoms with Gasteiger partial charge < -0.3 is 5.32 Å². The first-order chi connectivity index (χ1) is 12.8. The highest BCUT2D eigenvalue weighted by molar-refractivity contribution is 8.15. The molecule has 1 heterocycles. The summed E-state index contributed by atoms with van der Waals surface area (Å²) in [4.78, 5) is 30.9.